The molecule has 2 aromatic carbocycles. The number of hydrogen-bond donors (Lipinski definition) is 2. The molecule has 4 N–H and O–H groups in total. The number of ether oxygens (including phenoxy) is 1. The molecular formula is C26H36ClN3O4S. The number of likely N-dealkylation sites (tertiary alicyclic amines) is 1. The minimum atomic E-state index is -3.71. The largest absolute Gasteiger partial charge is 0.457 e. The molecule has 1 aliphatic carbocycles. The van der Waals surface area contributed by atoms with Crippen molar-refractivity contribution in [1.29, 1.82) is 0 Å². The Morgan fingerprint density at radius 1 is 0.886 bits per heavy atom. The first-order valence-electron chi connectivity index (χ1n) is 12.2. The van der Waals surface area contributed by atoms with Gasteiger partial charge in [0.1, 0.15) is 11.5 Å². The van der Waals surface area contributed by atoms with Crippen molar-refractivity contribution in [2.75, 3.05) is 13.1 Å². The van der Waals surface area contributed by atoms with E-state index >= 15 is 0 Å². The molecule has 1 unspecified atom stereocenters. The van der Waals surface area contributed by atoms with Gasteiger partial charge >= 0.3 is 0 Å². The van der Waals surface area contributed by atoms with E-state index in [9.17, 15) is 13.2 Å². The Balaban J connectivity index is 0.00000342. The van der Waals surface area contributed by atoms with E-state index in [2.05, 4.69) is 4.90 Å². The van der Waals surface area contributed by atoms with E-state index in [0.29, 0.717) is 23.3 Å². The van der Waals surface area contributed by atoms with Gasteiger partial charge in [-0.05, 0) is 92.6 Å². The second-order valence-corrected chi connectivity index (χ2v) is 11.3. The molecule has 1 aliphatic heterocycles. The second-order valence-electron chi connectivity index (χ2n) is 9.70. The van der Waals surface area contributed by atoms with Crippen LogP contribution in [-0.2, 0) is 21.4 Å². The summed E-state index contributed by atoms with van der Waals surface area (Å²) in [5.74, 6) is 2.06. The van der Waals surface area contributed by atoms with Gasteiger partial charge in [0.15, 0.2) is 0 Å². The summed E-state index contributed by atoms with van der Waals surface area (Å²) in [5.41, 5.74) is 7.06. The standard InChI is InChI=1S/C26H35N3O4S.ClH/c27-26(30)25(20-4-2-1-3-5-20)21-14-16-29(17-15-21)18-19-6-8-22(9-7-19)33-23-10-12-24(13-11-23)34(28,31)32;/h6-13,20-21,25H,1-5,14-18H2,(H2,27,30)(H2,28,31,32);1H. The lowest BCUT2D eigenvalue weighted by molar-refractivity contribution is -0.126. The number of carbonyl (C=O) groups is 1. The van der Waals surface area contributed by atoms with E-state index < -0.39 is 10.0 Å². The van der Waals surface area contributed by atoms with Crippen LogP contribution < -0.4 is 15.6 Å². The predicted octanol–water partition coefficient (Wildman–Crippen LogP) is 4.44. The summed E-state index contributed by atoms with van der Waals surface area (Å²) < 4.78 is 28.6. The first-order valence-corrected chi connectivity index (χ1v) is 13.8. The molecule has 0 bridgehead atoms. The van der Waals surface area contributed by atoms with Crippen LogP contribution in [0.5, 0.6) is 11.5 Å². The third-order valence-corrected chi connectivity index (χ3v) is 8.27. The van der Waals surface area contributed by atoms with Gasteiger partial charge in [0.05, 0.1) is 4.90 Å². The third kappa shape index (κ3) is 7.43. The molecule has 2 fully saturated rings. The molecule has 1 saturated carbocycles. The lowest BCUT2D eigenvalue weighted by Crippen LogP contribution is -2.42. The maximum absolute atomic E-state index is 12.3. The number of carbonyl (C=O) groups excluding carboxylic acids is 1. The molecule has 35 heavy (non-hydrogen) atoms. The van der Waals surface area contributed by atoms with Gasteiger partial charge in [0.25, 0.3) is 0 Å². The van der Waals surface area contributed by atoms with Crippen molar-refractivity contribution in [3.63, 3.8) is 0 Å². The lowest BCUT2D eigenvalue weighted by Gasteiger charge is -2.39. The van der Waals surface area contributed by atoms with Crippen LogP contribution in [0, 0.1) is 17.8 Å². The van der Waals surface area contributed by atoms with Crippen LogP contribution in [0.1, 0.15) is 50.5 Å². The number of nitrogens with zero attached hydrogens (tertiary/aromatic N) is 1. The van der Waals surface area contributed by atoms with Gasteiger partial charge in [0.2, 0.25) is 15.9 Å². The summed E-state index contributed by atoms with van der Waals surface area (Å²) in [6, 6.07) is 14.0. The van der Waals surface area contributed by atoms with Crippen LogP contribution in [-0.4, -0.2) is 32.3 Å². The Morgan fingerprint density at radius 3 is 1.91 bits per heavy atom. The van der Waals surface area contributed by atoms with Crippen LogP contribution in [0.4, 0.5) is 0 Å². The Labute approximate surface area is 214 Å². The van der Waals surface area contributed by atoms with Crippen LogP contribution in [0.2, 0.25) is 0 Å². The fourth-order valence-electron chi connectivity index (χ4n) is 5.57. The minimum absolute atomic E-state index is 0. The lowest BCUT2D eigenvalue weighted by atomic mass is 9.71. The number of primary sulfonamides is 1. The average Bonchev–Trinajstić information content (AvgIpc) is 2.82. The van der Waals surface area contributed by atoms with Crippen molar-refractivity contribution in [3.8, 4) is 11.5 Å². The normalized spacial score (nSPS) is 19.0. The summed E-state index contributed by atoms with van der Waals surface area (Å²) >= 11 is 0. The molecule has 1 amide bonds. The number of sulfonamides is 1. The molecular weight excluding hydrogens is 486 g/mol. The molecule has 0 aromatic heterocycles. The fraction of sp³-hybridized carbons (Fsp3) is 0.500. The highest BCUT2D eigenvalue weighted by atomic mass is 35.5. The van der Waals surface area contributed by atoms with Gasteiger partial charge in [-0.2, -0.15) is 0 Å². The Bertz CT molecular complexity index is 1060. The Kier molecular flexibility index (Phi) is 9.58. The van der Waals surface area contributed by atoms with Crippen molar-refractivity contribution in [2.45, 2.75) is 56.4 Å². The highest BCUT2D eigenvalue weighted by molar-refractivity contribution is 7.89. The number of nitrogens with two attached hydrogens (primary N) is 2. The maximum atomic E-state index is 12.3. The van der Waals surface area contributed by atoms with Crippen LogP contribution >= 0.6 is 12.4 Å². The molecule has 2 aromatic rings. The maximum Gasteiger partial charge on any atom is 0.238 e. The van der Waals surface area contributed by atoms with Crippen LogP contribution in [0.3, 0.4) is 0 Å². The first-order chi connectivity index (χ1) is 16.3. The molecule has 1 saturated heterocycles. The molecule has 4 rings (SSSR count). The number of primary amides is 1. The average molecular weight is 522 g/mol. The SMILES string of the molecule is Cl.NC(=O)C(C1CCCCC1)C1CCN(Cc2ccc(Oc3ccc(S(N)(=O)=O)cc3)cc2)CC1. The number of hydrogen-bond acceptors (Lipinski definition) is 5. The molecule has 7 nitrogen and oxygen atoms in total. The van der Waals surface area contributed by atoms with Crippen molar-refractivity contribution >= 4 is 28.3 Å². The third-order valence-electron chi connectivity index (χ3n) is 7.34. The monoisotopic (exact) mass is 521 g/mol. The zero-order valence-corrected chi connectivity index (χ0v) is 21.6. The molecule has 1 heterocycles. The van der Waals surface area contributed by atoms with Crippen molar-refractivity contribution in [2.24, 2.45) is 28.6 Å². The van der Waals surface area contributed by atoms with E-state index in [4.69, 9.17) is 15.6 Å². The van der Waals surface area contributed by atoms with Crippen molar-refractivity contribution in [3.05, 3.63) is 54.1 Å². The summed E-state index contributed by atoms with van der Waals surface area (Å²) in [4.78, 5) is 14.8. The number of halogens is 1. The van der Waals surface area contributed by atoms with E-state index in [1.165, 1.54) is 37.0 Å². The first kappa shape index (κ1) is 27.5. The summed E-state index contributed by atoms with van der Waals surface area (Å²) in [5, 5.41) is 5.13. The zero-order valence-electron chi connectivity index (χ0n) is 20.0. The smallest absolute Gasteiger partial charge is 0.238 e. The van der Waals surface area contributed by atoms with E-state index in [1.54, 1.807) is 12.1 Å². The zero-order chi connectivity index (χ0) is 24.1. The molecule has 2 aliphatic rings. The molecule has 9 heteroatoms. The van der Waals surface area contributed by atoms with Crippen LogP contribution in [0.15, 0.2) is 53.4 Å². The number of rotatable bonds is 8. The highest BCUT2D eigenvalue weighted by Crippen LogP contribution is 2.38. The van der Waals surface area contributed by atoms with E-state index in [0.717, 1.165) is 45.3 Å². The molecule has 0 spiro atoms. The quantitative estimate of drug-likeness (QED) is 0.532. The Hall–Kier alpha value is -2.13. The summed E-state index contributed by atoms with van der Waals surface area (Å²) in [6.07, 6.45) is 8.10. The van der Waals surface area contributed by atoms with Gasteiger partial charge in [-0.25, -0.2) is 13.6 Å². The number of amides is 1. The topological polar surface area (TPSA) is 116 Å². The summed E-state index contributed by atoms with van der Waals surface area (Å²) in [7, 11) is -3.71. The van der Waals surface area contributed by atoms with E-state index in [1.807, 2.05) is 24.3 Å². The predicted molar refractivity (Wildman–Crippen MR) is 139 cm³/mol. The van der Waals surface area contributed by atoms with Gasteiger partial charge in [-0.1, -0.05) is 31.4 Å². The molecule has 1 atom stereocenters. The van der Waals surface area contributed by atoms with Gasteiger partial charge in [-0.15, -0.1) is 12.4 Å². The van der Waals surface area contributed by atoms with Crippen LogP contribution in [0.25, 0.3) is 0 Å². The Morgan fingerprint density at radius 2 is 1.40 bits per heavy atom. The fourth-order valence-corrected chi connectivity index (χ4v) is 6.08. The van der Waals surface area contributed by atoms with Gasteiger partial charge in [-0.3, -0.25) is 9.69 Å². The summed E-state index contributed by atoms with van der Waals surface area (Å²) in [6.45, 7) is 2.83. The number of benzene rings is 2. The second kappa shape index (κ2) is 12.2. The van der Waals surface area contributed by atoms with Crippen molar-refractivity contribution in [1.82, 2.24) is 4.90 Å². The van der Waals surface area contributed by atoms with Gasteiger partial charge < -0.3 is 10.5 Å². The molecule has 192 valence electrons. The molecule has 0 radical (unpaired) electrons. The minimum Gasteiger partial charge on any atom is -0.457 e. The number of piperidine rings is 1. The van der Waals surface area contributed by atoms with E-state index in [-0.39, 0.29) is 29.1 Å². The van der Waals surface area contributed by atoms with Crippen molar-refractivity contribution < 1.29 is 17.9 Å². The van der Waals surface area contributed by atoms with Gasteiger partial charge in [0, 0.05) is 12.5 Å². The highest BCUT2D eigenvalue weighted by Gasteiger charge is 2.36.